The maximum absolute atomic E-state index is 12.4. The van der Waals surface area contributed by atoms with E-state index in [9.17, 15) is 4.79 Å². The van der Waals surface area contributed by atoms with E-state index in [0.717, 1.165) is 5.69 Å². The number of carbonyl (C=O) groups is 1. The van der Waals surface area contributed by atoms with Crippen LogP contribution in [0.1, 0.15) is 10.4 Å². The van der Waals surface area contributed by atoms with Crippen molar-refractivity contribution in [2.75, 3.05) is 18.1 Å². The monoisotopic (exact) mass is 263 g/mol. The molecule has 0 saturated carbocycles. The number of hydrogen-bond acceptors (Lipinski definition) is 3. The molecule has 0 N–H and O–H groups in total. The predicted octanol–water partition coefficient (Wildman–Crippen LogP) is 2.97. The van der Waals surface area contributed by atoms with Gasteiger partial charge in [-0.15, -0.1) is 0 Å². The maximum Gasteiger partial charge on any atom is 0.263 e. The van der Waals surface area contributed by atoms with E-state index >= 15 is 0 Å². The Labute approximate surface area is 109 Å². The minimum absolute atomic E-state index is 0.115. The molecule has 0 saturated heterocycles. The van der Waals surface area contributed by atoms with Gasteiger partial charge in [-0.2, -0.15) is 0 Å². The van der Waals surface area contributed by atoms with Gasteiger partial charge < -0.3 is 14.1 Å². The summed E-state index contributed by atoms with van der Waals surface area (Å²) in [5, 5.41) is 0.115. The average molecular weight is 264 g/mol. The number of carbonyl (C=O) groups excluding carboxylic acids is 1. The zero-order valence-electron chi connectivity index (χ0n) is 9.43. The highest BCUT2D eigenvalue weighted by Gasteiger charge is 2.26. The van der Waals surface area contributed by atoms with Gasteiger partial charge in [-0.3, -0.25) is 4.79 Å². The second-order valence-electron chi connectivity index (χ2n) is 3.88. The summed E-state index contributed by atoms with van der Waals surface area (Å²) in [5.41, 5.74) is 1.12. The molecule has 0 atom stereocenters. The summed E-state index contributed by atoms with van der Waals surface area (Å²) < 4.78 is 10.5. The number of nitrogens with zero attached hydrogens (tertiary/aromatic N) is 1. The van der Waals surface area contributed by atoms with Crippen molar-refractivity contribution < 1.29 is 13.9 Å². The molecule has 0 fully saturated rings. The summed E-state index contributed by atoms with van der Waals surface area (Å²) in [7, 11) is 0. The molecule has 1 aromatic carbocycles. The number of fused-ring (bicyclic) bond motifs is 1. The van der Waals surface area contributed by atoms with Gasteiger partial charge in [0.1, 0.15) is 12.4 Å². The Morgan fingerprint density at radius 1 is 1.28 bits per heavy atom. The van der Waals surface area contributed by atoms with Gasteiger partial charge in [-0.25, -0.2) is 0 Å². The van der Waals surface area contributed by atoms with Crippen LogP contribution in [0.2, 0.25) is 5.22 Å². The molecular weight excluding hydrogens is 254 g/mol. The third-order valence-electron chi connectivity index (χ3n) is 2.82. The zero-order chi connectivity index (χ0) is 12.5. The number of benzene rings is 1. The fraction of sp³-hybridized carbons (Fsp3) is 0.154. The molecule has 1 amide bonds. The Hall–Kier alpha value is -1.94. The first kappa shape index (κ1) is 11.2. The first-order valence-corrected chi connectivity index (χ1v) is 5.92. The molecule has 3 rings (SSSR count). The Balaban J connectivity index is 2.00. The highest BCUT2D eigenvalue weighted by molar-refractivity contribution is 6.32. The van der Waals surface area contributed by atoms with Gasteiger partial charge in [0.25, 0.3) is 5.91 Å². The van der Waals surface area contributed by atoms with Gasteiger partial charge in [0, 0.05) is 0 Å². The lowest BCUT2D eigenvalue weighted by Crippen LogP contribution is -2.37. The quantitative estimate of drug-likeness (QED) is 0.794. The Morgan fingerprint density at radius 3 is 2.89 bits per heavy atom. The molecule has 0 aliphatic carbocycles. The largest absolute Gasteiger partial charge is 0.490 e. The van der Waals surface area contributed by atoms with Gasteiger partial charge in [-0.1, -0.05) is 12.1 Å². The number of anilines is 1. The summed E-state index contributed by atoms with van der Waals surface area (Å²) in [6.45, 7) is 0.968. The molecule has 2 heterocycles. The van der Waals surface area contributed by atoms with E-state index in [1.54, 1.807) is 11.0 Å². The van der Waals surface area contributed by atoms with Crippen LogP contribution in [-0.2, 0) is 0 Å². The van der Waals surface area contributed by atoms with Crippen molar-refractivity contribution >= 4 is 23.2 Å². The minimum atomic E-state index is -0.176. The van der Waals surface area contributed by atoms with E-state index in [2.05, 4.69) is 0 Å². The van der Waals surface area contributed by atoms with Crippen LogP contribution in [0.15, 0.2) is 41.0 Å². The highest BCUT2D eigenvalue weighted by atomic mass is 35.5. The van der Waals surface area contributed by atoms with Gasteiger partial charge >= 0.3 is 0 Å². The first-order chi connectivity index (χ1) is 8.77. The van der Waals surface area contributed by atoms with Crippen LogP contribution in [0, 0.1) is 0 Å². The van der Waals surface area contributed by atoms with E-state index < -0.39 is 0 Å². The Kier molecular flexibility index (Phi) is 2.72. The van der Waals surface area contributed by atoms with Crippen molar-refractivity contribution in [3.8, 4) is 5.75 Å². The number of rotatable bonds is 1. The van der Waals surface area contributed by atoms with Gasteiger partial charge in [0.15, 0.2) is 0 Å². The third kappa shape index (κ3) is 1.75. The number of hydrogen-bond donors (Lipinski definition) is 0. The molecule has 0 bridgehead atoms. The van der Waals surface area contributed by atoms with Crippen molar-refractivity contribution in [2.24, 2.45) is 0 Å². The molecule has 1 aliphatic heterocycles. The van der Waals surface area contributed by atoms with Gasteiger partial charge in [0.05, 0.1) is 24.1 Å². The molecule has 0 unspecified atom stereocenters. The van der Waals surface area contributed by atoms with Crippen molar-refractivity contribution in [1.29, 1.82) is 0 Å². The van der Waals surface area contributed by atoms with Crippen molar-refractivity contribution in [3.63, 3.8) is 0 Å². The molecule has 5 heteroatoms. The van der Waals surface area contributed by atoms with Crippen LogP contribution >= 0.6 is 11.6 Å². The summed E-state index contributed by atoms with van der Waals surface area (Å²) in [6, 6.07) is 9.00. The smallest absolute Gasteiger partial charge is 0.263 e. The summed E-state index contributed by atoms with van der Waals surface area (Å²) >= 11 is 5.84. The van der Waals surface area contributed by atoms with E-state index in [-0.39, 0.29) is 11.1 Å². The summed E-state index contributed by atoms with van der Waals surface area (Å²) in [4.78, 5) is 14.0. The van der Waals surface area contributed by atoms with Crippen LogP contribution < -0.4 is 9.64 Å². The number of furan rings is 1. The number of ether oxygens (including phenoxy) is 1. The molecule has 1 aromatic heterocycles. The number of halogens is 1. The summed E-state index contributed by atoms with van der Waals surface area (Å²) in [5.74, 6) is 0.529. The van der Waals surface area contributed by atoms with E-state index in [4.69, 9.17) is 20.8 Å². The molecule has 1 aliphatic rings. The zero-order valence-corrected chi connectivity index (χ0v) is 10.2. The maximum atomic E-state index is 12.4. The van der Waals surface area contributed by atoms with Crippen LogP contribution in [-0.4, -0.2) is 19.1 Å². The lowest BCUT2D eigenvalue weighted by molar-refractivity contribution is 0.0976. The van der Waals surface area contributed by atoms with E-state index in [1.807, 2.05) is 24.3 Å². The van der Waals surface area contributed by atoms with Gasteiger partial charge in [-0.05, 0) is 29.8 Å². The second kappa shape index (κ2) is 4.38. The normalized spacial score (nSPS) is 13.9. The SMILES string of the molecule is O=C(c1ccoc1Cl)N1CCOc2ccccc21. The van der Waals surface area contributed by atoms with E-state index in [0.29, 0.717) is 24.5 Å². The molecule has 18 heavy (non-hydrogen) atoms. The first-order valence-electron chi connectivity index (χ1n) is 5.54. The Morgan fingerprint density at radius 2 is 2.11 bits per heavy atom. The molecule has 4 nitrogen and oxygen atoms in total. The molecule has 92 valence electrons. The summed E-state index contributed by atoms with van der Waals surface area (Å²) in [6.07, 6.45) is 1.40. The fourth-order valence-corrected chi connectivity index (χ4v) is 2.17. The average Bonchev–Trinajstić information content (AvgIpc) is 2.83. The molecular formula is C13H10ClNO3. The second-order valence-corrected chi connectivity index (χ2v) is 4.22. The highest BCUT2D eigenvalue weighted by Crippen LogP contribution is 2.32. The molecule has 2 aromatic rings. The van der Waals surface area contributed by atoms with Crippen LogP contribution in [0.3, 0.4) is 0 Å². The Bertz CT molecular complexity index is 593. The number of amides is 1. The lowest BCUT2D eigenvalue weighted by Gasteiger charge is -2.29. The van der Waals surface area contributed by atoms with Crippen LogP contribution in [0.5, 0.6) is 5.75 Å². The van der Waals surface area contributed by atoms with Gasteiger partial charge in [0.2, 0.25) is 5.22 Å². The van der Waals surface area contributed by atoms with E-state index in [1.165, 1.54) is 6.26 Å². The van der Waals surface area contributed by atoms with Crippen molar-refractivity contribution in [3.05, 3.63) is 47.4 Å². The van der Waals surface area contributed by atoms with Crippen molar-refractivity contribution in [2.45, 2.75) is 0 Å². The van der Waals surface area contributed by atoms with Crippen molar-refractivity contribution in [1.82, 2.24) is 0 Å². The predicted molar refractivity (Wildman–Crippen MR) is 67.3 cm³/mol. The third-order valence-corrected chi connectivity index (χ3v) is 3.11. The topological polar surface area (TPSA) is 42.7 Å². The minimum Gasteiger partial charge on any atom is -0.490 e. The fourth-order valence-electron chi connectivity index (χ4n) is 1.97. The number of para-hydroxylation sites is 2. The van der Waals surface area contributed by atoms with Crippen LogP contribution in [0.25, 0.3) is 0 Å². The molecule has 0 radical (unpaired) electrons. The molecule has 0 spiro atoms. The van der Waals surface area contributed by atoms with Crippen LogP contribution in [0.4, 0.5) is 5.69 Å². The standard InChI is InChI=1S/C13H10ClNO3/c14-12-9(5-7-18-12)13(16)15-6-8-17-11-4-2-1-3-10(11)15/h1-5,7H,6,8H2. The lowest BCUT2D eigenvalue weighted by atomic mass is 10.2.